The molecule has 1 aliphatic rings. The number of nitrogens with zero attached hydrogens (tertiary/aromatic N) is 3. The zero-order valence-corrected chi connectivity index (χ0v) is 21.6. The molecule has 1 fully saturated rings. The van der Waals surface area contributed by atoms with Crippen molar-refractivity contribution in [3.05, 3.63) is 78.4 Å². The minimum absolute atomic E-state index is 0.0355. The molecule has 0 radical (unpaired) electrons. The van der Waals surface area contributed by atoms with Crippen molar-refractivity contribution in [2.45, 2.75) is 18.2 Å². The highest BCUT2D eigenvalue weighted by molar-refractivity contribution is 7.99. The molecule has 4 aromatic rings. The average molecular weight is 500 g/mol. The number of amides is 1. The van der Waals surface area contributed by atoms with Crippen molar-refractivity contribution in [2.24, 2.45) is 0 Å². The predicted octanol–water partition coefficient (Wildman–Crippen LogP) is 5.28. The molecular weight excluding hydrogens is 466 g/mol. The third-order valence-electron chi connectivity index (χ3n) is 6.56. The number of carbonyl (C=O) groups excluding carboxylic acids is 1. The molecule has 3 aromatic carbocycles. The minimum Gasteiger partial charge on any atom is -0.368 e. The Hall–Kier alpha value is -3.29. The first-order chi connectivity index (χ1) is 17.7. The lowest BCUT2D eigenvalue weighted by atomic mass is 10.1. The molecular formula is C29H33N5OS. The van der Waals surface area contributed by atoms with Crippen LogP contribution in [-0.4, -0.2) is 65.8 Å². The normalized spacial score (nSPS) is 14.3. The number of para-hydroxylation sites is 3. The smallest absolute Gasteiger partial charge is 0.251 e. The molecule has 0 atom stereocenters. The molecule has 1 saturated heterocycles. The molecule has 1 aliphatic heterocycles. The number of fused-ring (bicyclic) bond motifs is 1. The molecule has 0 spiro atoms. The number of H-pyrrole nitrogens is 1. The van der Waals surface area contributed by atoms with Gasteiger partial charge in [-0.25, -0.2) is 4.98 Å². The standard InChI is InChI=1S/C29H33N5OS/c1-2-21-36-27-10-6-5-9-26(27)34-19-17-33(18-20-34)16-15-30-29(35)23-13-11-22(12-14-23)28-31-24-7-3-4-8-25(24)32-28/h3-14H,2,15-21H2,1H3,(H,30,35)(H,31,32). The van der Waals surface area contributed by atoms with Crippen LogP contribution in [0.4, 0.5) is 5.69 Å². The van der Waals surface area contributed by atoms with Crippen LogP contribution in [-0.2, 0) is 0 Å². The van der Waals surface area contributed by atoms with Crippen LogP contribution in [0, 0.1) is 0 Å². The SMILES string of the molecule is CCCSc1ccccc1N1CCN(CCNC(=O)c2ccc(-c3nc4ccccc4[nH]3)cc2)CC1. The summed E-state index contributed by atoms with van der Waals surface area (Å²) in [5, 5.41) is 3.08. The molecule has 2 N–H and O–H groups in total. The predicted molar refractivity (Wildman–Crippen MR) is 150 cm³/mol. The van der Waals surface area contributed by atoms with Gasteiger partial charge in [-0.3, -0.25) is 9.69 Å². The van der Waals surface area contributed by atoms with Crippen LogP contribution in [0.15, 0.2) is 77.7 Å². The minimum atomic E-state index is -0.0355. The van der Waals surface area contributed by atoms with Gasteiger partial charge in [-0.1, -0.05) is 43.3 Å². The van der Waals surface area contributed by atoms with Crippen molar-refractivity contribution in [1.82, 2.24) is 20.2 Å². The number of benzene rings is 3. The molecule has 0 unspecified atom stereocenters. The van der Waals surface area contributed by atoms with Gasteiger partial charge in [0, 0.05) is 55.3 Å². The number of hydrogen-bond donors (Lipinski definition) is 2. The van der Waals surface area contributed by atoms with Crippen LogP contribution in [0.2, 0.25) is 0 Å². The van der Waals surface area contributed by atoms with Crippen molar-refractivity contribution < 1.29 is 4.79 Å². The Morgan fingerprint density at radius 2 is 1.72 bits per heavy atom. The average Bonchev–Trinajstić information content (AvgIpc) is 3.37. The summed E-state index contributed by atoms with van der Waals surface area (Å²) in [4.78, 5) is 27.0. The number of aromatic amines is 1. The molecule has 7 heteroatoms. The Labute approximate surface area is 217 Å². The van der Waals surface area contributed by atoms with Crippen molar-refractivity contribution in [1.29, 1.82) is 0 Å². The van der Waals surface area contributed by atoms with Gasteiger partial charge in [-0.2, -0.15) is 0 Å². The quantitative estimate of drug-likeness (QED) is 0.307. The van der Waals surface area contributed by atoms with Gasteiger partial charge in [0.05, 0.1) is 16.7 Å². The fourth-order valence-corrected chi connectivity index (χ4v) is 5.51. The second-order valence-electron chi connectivity index (χ2n) is 9.08. The Balaban J connectivity index is 1.09. The first-order valence-electron chi connectivity index (χ1n) is 12.7. The second-order valence-corrected chi connectivity index (χ2v) is 10.2. The van der Waals surface area contributed by atoms with E-state index in [2.05, 4.69) is 56.3 Å². The van der Waals surface area contributed by atoms with Crippen LogP contribution in [0.1, 0.15) is 23.7 Å². The fraction of sp³-hybridized carbons (Fsp3) is 0.310. The Morgan fingerprint density at radius 3 is 2.50 bits per heavy atom. The molecule has 1 amide bonds. The number of hydrogen-bond acceptors (Lipinski definition) is 5. The molecule has 0 saturated carbocycles. The summed E-state index contributed by atoms with van der Waals surface area (Å²) in [6.07, 6.45) is 1.18. The maximum Gasteiger partial charge on any atom is 0.251 e. The van der Waals surface area contributed by atoms with E-state index in [9.17, 15) is 4.79 Å². The van der Waals surface area contributed by atoms with E-state index in [1.807, 2.05) is 60.3 Å². The van der Waals surface area contributed by atoms with Gasteiger partial charge in [0.15, 0.2) is 0 Å². The van der Waals surface area contributed by atoms with Crippen LogP contribution in [0.5, 0.6) is 0 Å². The van der Waals surface area contributed by atoms with Gasteiger partial charge in [-0.15, -0.1) is 11.8 Å². The van der Waals surface area contributed by atoms with Crippen molar-refractivity contribution >= 4 is 34.4 Å². The van der Waals surface area contributed by atoms with E-state index in [-0.39, 0.29) is 5.91 Å². The number of anilines is 1. The topological polar surface area (TPSA) is 64.3 Å². The molecule has 36 heavy (non-hydrogen) atoms. The van der Waals surface area contributed by atoms with Crippen LogP contribution in [0.25, 0.3) is 22.4 Å². The summed E-state index contributed by atoms with van der Waals surface area (Å²) in [6, 6.07) is 24.3. The Bertz CT molecular complexity index is 1260. The molecule has 0 aliphatic carbocycles. The number of carbonyl (C=O) groups is 1. The highest BCUT2D eigenvalue weighted by Gasteiger charge is 2.19. The van der Waals surface area contributed by atoms with E-state index in [1.54, 1.807) is 0 Å². The van der Waals surface area contributed by atoms with Crippen LogP contribution >= 0.6 is 11.8 Å². The van der Waals surface area contributed by atoms with E-state index in [0.717, 1.165) is 60.9 Å². The second kappa shape index (κ2) is 11.6. The summed E-state index contributed by atoms with van der Waals surface area (Å²) in [6.45, 7) is 7.78. The number of piperazine rings is 1. The lowest BCUT2D eigenvalue weighted by Crippen LogP contribution is -2.48. The number of nitrogens with one attached hydrogen (secondary N) is 2. The van der Waals surface area contributed by atoms with Crippen molar-refractivity contribution in [2.75, 3.05) is 49.9 Å². The summed E-state index contributed by atoms with van der Waals surface area (Å²) in [7, 11) is 0. The van der Waals surface area contributed by atoms with E-state index in [4.69, 9.17) is 0 Å². The monoisotopic (exact) mass is 499 g/mol. The molecule has 1 aromatic heterocycles. The van der Waals surface area contributed by atoms with Crippen molar-refractivity contribution in [3.8, 4) is 11.4 Å². The highest BCUT2D eigenvalue weighted by atomic mass is 32.2. The first kappa shape index (κ1) is 24.4. The maximum atomic E-state index is 12.7. The summed E-state index contributed by atoms with van der Waals surface area (Å²) in [5.74, 6) is 1.93. The molecule has 0 bridgehead atoms. The number of rotatable bonds is 9. The van der Waals surface area contributed by atoms with Gasteiger partial charge in [0.1, 0.15) is 5.82 Å². The van der Waals surface area contributed by atoms with Gasteiger partial charge in [0.25, 0.3) is 5.91 Å². The molecule has 5 rings (SSSR count). The lowest BCUT2D eigenvalue weighted by Gasteiger charge is -2.37. The van der Waals surface area contributed by atoms with E-state index in [1.165, 1.54) is 17.0 Å². The van der Waals surface area contributed by atoms with Gasteiger partial charge >= 0.3 is 0 Å². The largest absolute Gasteiger partial charge is 0.368 e. The third-order valence-corrected chi connectivity index (χ3v) is 7.83. The van der Waals surface area contributed by atoms with Gasteiger partial charge < -0.3 is 15.2 Å². The Kier molecular flexibility index (Phi) is 7.88. The van der Waals surface area contributed by atoms with Gasteiger partial charge in [0.2, 0.25) is 0 Å². The van der Waals surface area contributed by atoms with Crippen LogP contribution in [0.3, 0.4) is 0 Å². The molecule has 2 heterocycles. The first-order valence-corrected chi connectivity index (χ1v) is 13.7. The molecule has 6 nitrogen and oxygen atoms in total. The highest BCUT2D eigenvalue weighted by Crippen LogP contribution is 2.31. The number of thioether (sulfide) groups is 1. The third kappa shape index (κ3) is 5.74. The maximum absolute atomic E-state index is 12.7. The summed E-state index contributed by atoms with van der Waals surface area (Å²) in [5.41, 5.74) is 4.94. The zero-order valence-electron chi connectivity index (χ0n) is 20.7. The number of imidazole rings is 1. The lowest BCUT2D eigenvalue weighted by molar-refractivity contribution is 0.0948. The fourth-order valence-electron chi connectivity index (χ4n) is 4.56. The van der Waals surface area contributed by atoms with Crippen LogP contribution < -0.4 is 10.2 Å². The Morgan fingerprint density at radius 1 is 0.972 bits per heavy atom. The zero-order chi connectivity index (χ0) is 24.7. The molecule has 186 valence electrons. The van der Waals surface area contributed by atoms with E-state index >= 15 is 0 Å². The van der Waals surface area contributed by atoms with E-state index in [0.29, 0.717) is 12.1 Å². The van der Waals surface area contributed by atoms with Crippen molar-refractivity contribution in [3.63, 3.8) is 0 Å². The van der Waals surface area contributed by atoms with Gasteiger partial charge in [-0.05, 0) is 48.6 Å². The summed E-state index contributed by atoms with van der Waals surface area (Å²) < 4.78 is 0. The van der Waals surface area contributed by atoms with E-state index < -0.39 is 0 Å². The summed E-state index contributed by atoms with van der Waals surface area (Å²) >= 11 is 1.95. The number of aromatic nitrogens is 2.